The van der Waals surface area contributed by atoms with Gasteiger partial charge in [0.1, 0.15) is 22.9 Å². The Morgan fingerprint density at radius 1 is 0.977 bits per heavy atom. The summed E-state index contributed by atoms with van der Waals surface area (Å²) in [7, 11) is 0. The fraction of sp³-hybridized carbons (Fsp3) is 0.703. The molecule has 1 heterocycles. The maximum Gasteiger partial charge on any atom is 0.177 e. The van der Waals surface area contributed by atoms with Crippen LogP contribution in [0.4, 0.5) is 0 Å². The number of Topliss-reactive ketones (excluding diaryl/α,β-unsaturated/α-hetero) is 3. The normalized spacial score (nSPS) is 43.3. The van der Waals surface area contributed by atoms with E-state index in [1.807, 2.05) is 48.5 Å². The zero-order chi connectivity index (χ0) is 33.3. The number of ketones is 3. The molecule has 1 saturated heterocycles. The molecule has 2 N–H and O–H groups in total. The number of hydrogen-bond donors (Lipinski definition) is 2. The molecule has 10 atom stereocenters. The van der Waals surface area contributed by atoms with Crippen molar-refractivity contribution in [2.45, 2.75) is 121 Å². The van der Waals surface area contributed by atoms with E-state index in [1.54, 1.807) is 13.0 Å². The number of aryl methyl sites for hydroxylation is 1. The number of aliphatic hydroxyl groups excluding tert-OH is 1. The third kappa shape index (κ3) is 3.84. The zero-order valence-corrected chi connectivity index (χ0v) is 28.9. The Bertz CT molecular complexity index is 1500. The van der Waals surface area contributed by atoms with Gasteiger partial charge in [-0.3, -0.25) is 14.4 Å². The summed E-state index contributed by atoms with van der Waals surface area (Å²) >= 11 is 0. The molecule has 3 aliphatic carbocycles. The number of aliphatic hydroxyl groups is 1. The van der Waals surface area contributed by atoms with Crippen LogP contribution in [0.5, 0.6) is 5.75 Å². The van der Waals surface area contributed by atoms with Crippen molar-refractivity contribution >= 4 is 23.1 Å². The van der Waals surface area contributed by atoms with E-state index < -0.39 is 39.8 Å². The number of benzene rings is 1. The lowest BCUT2D eigenvalue weighted by atomic mass is 9.36. The van der Waals surface area contributed by atoms with Crippen molar-refractivity contribution < 1.29 is 34.1 Å². The van der Waals surface area contributed by atoms with Crippen LogP contribution in [0.25, 0.3) is 5.76 Å². The van der Waals surface area contributed by atoms with E-state index in [1.165, 1.54) is 6.92 Å². The fourth-order valence-electron chi connectivity index (χ4n) is 9.83. The van der Waals surface area contributed by atoms with Crippen LogP contribution < -0.4 is 0 Å². The van der Waals surface area contributed by atoms with E-state index >= 15 is 4.79 Å². The van der Waals surface area contributed by atoms with Crippen molar-refractivity contribution in [3.63, 3.8) is 0 Å². The Balaban J connectivity index is 1.82. The van der Waals surface area contributed by atoms with Crippen molar-refractivity contribution in [3.05, 3.63) is 33.9 Å². The van der Waals surface area contributed by atoms with Crippen molar-refractivity contribution in [1.29, 1.82) is 0 Å². The minimum absolute atomic E-state index is 0.0761. The lowest BCUT2D eigenvalue weighted by Crippen LogP contribution is -2.70. The molecule has 0 bridgehead atoms. The third-order valence-corrected chi connectivity index (χ3v) is 13.8. The second-order valence-corrected chi connectivity index (χ2v) is 16.2. The van der Waals surface area contributed by atoms with Gasteiger partial charge in [0.2, 0.25) is 0 Å². The van der Waals surface area contributed by atoms with Crippen LogP contribution in [0.3, 0.4) is 0 Å². The van der Waals surface area contributed by atoms with Crippen molar-refractivity contribution in [3.8, 4) is 5.75 Å². The van der Waals surface area contributed by atoms with Crippen LogP contribution in [-0.4, -0.2) is 40.0 Å². The molecule has 1 aliphatic heterocycles. The molecule has 7 nitrogen and oxygen atoms in total. The summed E-state index contributed by atoms with van der Waals surface area (Å²) in [5.74, 6) is -2.65. The van der Waals surface area contributed by atoms with Crippen LogP contribution in [-0.2, 0) is 29.5 Å². The average Bonchev–Trinajstić information content (AvgIpc) is 2.89. The minimum Gasteiger partial charge on any atom is -0.507 e. The number of rotatable bonds is 3. The molecule has 5 rings (SSSR count). The summed E-state index contributed by atoms with van der Waals surface area (Å²) in [4.78, 5) is 42.3. The topological polar surface area (TPSA) is 110 Å². The maximum atomic E-state index is 15.1. The van der Waals surface area contributed by atoms with Crippen LogP contribution in [0.2, 0.25) is 0 Å². The highest BCUT2D eigenvalue weighted by atomic mass is 16.7. The van der Waals surface area contributed by atoms with Crippen molar-refractivity contribution in [2.75, 3.05) is 0 Å². The number of hydrogen-bond acceptors (Lipinski definition) is 7. The summed E-state index contributed by atoms with van der Waals surface area (Å²) in [6.45, 7) is 25.5. The number of aromatic hydroxyl groups is 1. The first kappa shape index (κ1) is 32.9. The molecule has 1 aromatic carbocycles. The number of carbonyl (C=O) groups excluding carboxylic acids is 3. The molecule has 2 saturated carbocycles. The highest BCUT2D eigenvalue weighted by Crippen LogP contribution is 2.72. The Kier molecular flexibility index (Phi) is 7.28. The van der Waals surface area contributed by atoms with E-state index in [4.69, 9.17) is 9.47 Å². The van der Waals surface area contributed by atoms with Gasteiger partial charge >= 0.3 is 0 Å². The first-order valence-electron chi connectivity index (χ1n) is 16.2. The van der Waals surface area contributed by atoms with Crippen LogP contribution >= 0.6 is 0 Å². The molecule has 4 aliphatic rings. The van der Waals surface area contributed by atoms with Crippen molar-refractivity contribution in [1.82, 2.24) is 0 Å². The molecule has 3 fully saturated rings. The molecular formula is C37H52O7. The first-order chi connectivity index (χ1) is 20.0. The number of ether oxygens (including phenoxy) is 2. The van der Waals surface area contributed by atoms with Gasteiger partial charge in [-0.05, 0) is 93.7 Å². The predicted molar refractivity (Wildman–Crippen MR) is 169 cm³/mol. The maximum absolute atomic E-state index is 15.1. The molecule has 0 aromatic heterocycles. The standard InChI is InChI=1S/C37H52O7/c1-17-14-24(39)27-28(18(17)2)37(13,44-25-15-33(8,9)21(5)23(7)43-25)35(11)16-34(10)20(4)19(3)26(22(6)38)31(41)36(34,12)32(42)29(35)30(27)40/h14,19-21,23,25-26,39-40H,15-16H2,1-13H3/t19?,20?,21-,23?,25-,26?,34?,35?,36?,37-/m0/s1. The molecular weight excluding hydrogens is 556 g/mol. The van der Waals surface area contributed by atoms with Gasteiger partial charge in [0.15, 0.2) is 17.9 Å². The van der Waals surface area contributed by atoms with Gasteiger partial charge in [-0.1, -0.05) is 48.5 Å². The molecule has 7 unspecified atom stereocenters. The third-order valence-electron chi connectivity index (χ3n) is 13.8. The second kappa shape index (κ2) is 9.75. The molecule has 0 radical (unpaired) electrons. The highest BCUT2D eigenvalue weighted by Gasteiger charge is 2.74. The minimum atomic E-state index is -1.56. The Labute approximate surface area is 262 Å². The van der Waals surface area contributed by atoms with Crippen LogP contribution in [0.15, 0.2) is 11.6 Å². The van der Waals surface area contributed by atoms with Gasteiger partial charge in [-0.25, -0.2) is 0 Å². The number of phenolic OH excluding ortho intramolecular Hbond substituents is 1. The molecule has 7 heteroatoms. The zero-order valence-electron chi connectivity index (χ0n) is 28.9. The highest BCUT2D eigenvalue weighted by molar-refractivity contribution is 6.23. The summed E-state index contributed by atoms with van der Waals surface area (Å²) in [5.41, 5.74) is -2.29. The lowest BCUT2D eigenvalue weighted by molar-refractivity contribution is -0.299. The molecule has 0 spiro atoms. The number of carbonyl (C=O) groups is 3. The molecule has 44 heavy (non-hydrogen) atoms. The Morgan fingerprint density at radius 3 is 2.11 bits per heavy atom. The molecule has 1 aromatic rings. The Hall–Kier alpha value is -2.51. The fourth-order valence-corrected chi connectivity index (χ4v) is 9.83. The Morgan fingerprint density at radius 2 is 1.57 bits per heavy atom. The quantitative estimate of drug-likeness (QED) is 0.345. The number of fused-ring (bicyclic) bond motifs is 3. The average molecular weight is 609 g/mol. The summed E-state index contributed by atoms with van der Waals surface area (Å²) in [5, 5.41) is 23.5. The second-order valence-electron chi connectivity index (χ2n) is 16.2. The lowest BCUT2D eigenvalue weighted by Gasteiger charge is -2.66. The monoisotopic (exact) mass is 608 g/mol. The summed E-state index contributed by atoms with van der Waals surface area (Å²) < 4.78 is 13.7. The summed E-state index contributed by atoms with van der Waals surface area (Å²) in [6.07, 6.45) is 0.275. The SMILES string of the molecule is CC(=O)C1C(=O)C2(C)C(=O)C3=C(O)c4c(O)cc(C)c(C)c4[C@](C)(O[C@H]4CC(C)(C)[C@@H](C)C(C)O4)C3(C)CC2(C)C(C)C1C. The van der Waals surface area contributed by atoms with Gasteiger partial charge in [0.05, 0.1) is 23.0 Å². The van der Waals surface area contributed by atoms with E-state index in [0.29, 0.717) is 18.4 Å². The molecule has 0 amide bonds. The van der Waals surface area contributed by atoms with Crippen LogP contribution in [0, 0.1) is 59.2 Å². The van der Waals surface area contributed by atoms with E-state index in [9.17, 15) is 19.8 Å². The van der Waals surface area contributed by atoms with Crippen molar-refractivity contribution in [2.24, 2.45) is 45.3 Å². The summed E-state index contributed by atoms with van der Waals surface area (Å²) in [6, 6.07) is 1.60. The van der Waals surface area contributed by atoms with Gasteiger partial charge in [0, 0.05) is 23.0 Å². The van der Waals surface area contributed by atoms with Crippen LogP contribution in [0.1, 0.15) is 111 Å². The molecule has 242 valence electrons. The van der Waals surface area contributed by atoms with Gasteiger partial charge in [-0.2, -0.15) is 0 Å². The van der Waals surface area contributed by atoms with E-state index in [0.717, 1.165) is 11.1 Å². The largest absolute Gasteiger partial charge is 0.507 e. The predicted octanol–water partition coefficient (Wildman–Crippen LogP) is 7.37. The smallest absolute Gasteiger partial charge is 0.177 e. The first-order valence-corrected chi connectivity index (χ1v) is 16.2. The van der Waals surface area contributed by atoms with Gasteiger partial charge < -0.3 is 19.7 Å². The van der Waals surface area contributed by atoms with E-state index in [2.05, 4.69) is 27.7 Å². The van der Waals surface area contributed by atoms with E-state index in [-0.39, 0.29) is 63.5 Å². The van der Waals surface area contributed by atoms with Gasteiger partial charge in [-0.15, -0.1) is 0 Å². The van der Waals surface area contributed by atoms with Gasteiger partial charge in [0.25, 0.3) is 0 Å². The number of phenols is 1.